The van der Waals surface area contributed by atoms with E-state index < -0.39 is 5.97 Å². The van der Waals surface area contributed by atoms with Gasteiger partial charge in [0, 0.05) is 11.1 Å². The third-order valence-corrected chi connectivity index (χ3v) is 2.54. The molecule has 0 fully saturated rings. The van der Waals surface area contributed by atoms with E-state index in [1.807, 2.05) is 18.2 Å². The average molecular weight is 227 g/mol. The number of hydrogen-bond acceptors (Lipinski definition) is 3. The van der Waals surface area contributed by atoms with Crippen molar-refractivity contribution in [1.82, 2.24) is 0 Å². The van der Waals surface area contributed by atoms with Gasteiger partial charge in [0.1, 0.15) is 5.75 Å². The average Bonchev–Trinajstić information content (AvgIpc) is 2.38. The molecule has 0 aliphatic rings. The zero-order valence-corrected chi connectivity index (χ0v) is 9.34. The summed E-state index contributed by atoms with van der Waals surface area (Å²) >= 11 is 0. The lowest BCUT2D eigenvalue weighted by molar-refractivity contribution is -0.254. The molecule has 0 spiro atoms. The molecule has 0 saturated heterocycles. The van der Waals surface area contributed by atoms with Crippen LogP contribution >= 0.6 is 0 Å². The Balaban J connectivity index is 2.64. The molecule has 0 heterocycles. The predicted molar refractivity (Wildman–Crippen MR) is 62.8 cm³/mol. The second-order valence-corrected chi connectivity index (χ2v) is 3.53. The third-order valence-electron chi connectivity index (χ3n) is 2.54. The summed E-state index contributed by atoms with van der Waals surface area (Å²) in [7, 11) is 1.56. The molecule has 0 aliphatic heterocycles. The molecule has 17 heavy (non-hydrogen) atoms. The van der Waals surface area contributed by atoms with E-state index in [0.29, 0.717) is 11.3 Å². The number of benzene rings is 2. The topological polar surface area (TPSA) is 49.4 Å². The summed E-state index contributed by atoms with van der Waals surface area (Å²) < 4.78 is 5.22. The Bertz CT molecular complexity index is 547. The van der Waals surface area contributed by atoms with E-state index in [9.17, 15) is 9.90 Å². The van der Waals surface area contributed by atoms with Gasteiger partial charge in [-0.1, -0.05) is 42.5 Å². The van der Waals surface area contributed by atoms with E-state index in [4.69, 9.17) is 4.74 Å². The van der Waals surface area contributed by atoms with Crippen LogP contribution in [0.25, 0.3) is 11.1 Å². The first-order valence-electron chi connectivity index (χ1n) is 5.18. The maximum Gasteiger partial charge on any atom is 0.126 e. The van der Waals surface area contributed by atoms with Crippen molar-refractivity contribution in [3.8, 4) is 16.9 Å². The van der Waals surface area contributed by atoms with Crippen LogP contribution in [0.3, 0.4) is 0 Å². The highest BCUT2D eigenvalue weighted by molar-refractivity contribution is 5.95. The Labute approximate surface area is 99.3 Å². The largest absolute Gasteiger partial charge is 0.545 e. The van der Waals surface area contributed by atoms with Crippen LogP contribution in [0, 0.1) is 0 Å². The van der Waals surface area contributed by atoms with Gasteiger partial charge in [-0.15, -0.1) is 0 Å². The zero-order chi connectivity index (χ0) is 12.3. The molecular weight excluding hydrogens is 216 g/mol. The van der Waals surface area contributed by atoms with Crippen LogP contribution in [-0.4, -0.2) is 13.1 Å². The number of carboxylic acids is 1. The number of ether oxygens (including phenoxy) is 1. The van der Waals surface area contributed by atoms with Crippen LogP contribution < -0.4 is 9.84 Å². The summed E-state index contributed by atoms with van der Waals surface area (Å²) in [6, 6.07) is 14.0. The Kier molecular flexibility index (Phi) is 3.10. The van der Waals surface area contributed by atoms with Crippen LogP contribution in [0.1, 0.15) is 10.4 Å². The molecule has 0 atom stereocenters. The summed E-state index contributed by atoms with van der Waals surface area (Å²) in [6.45, 7) is 0. The van der Waals surface area contributed by atoms with Gasteiger partial charge in [0.2, 0.25) is 0 Å². The lowest BCUT2D eigenvalue weighted by Crippen LogP contribution is -2.23. The Morgan fingerprint density at radius 3 is 2.24 bits per heavy atom. The van der Waals surface area contributed by atoms with Gasteiger partial charge >= 0.3 is 0 Å². The fraction of sp³-hybridized carbons (Fsp3) is 0.0714. The van der Waals surface area contributed by atoms with Crippen molar-refractivity contribution < 1.29 is 14.6 Å². The number of carbonyl (C=O) groups excluding carboxylic acids is 1. The number of carboxylic acid groups (broad SMARTS) is 1. The first-order chi connectivity index (χ1) is 8.24. The molecular formula is C14H11O3-. The van der Waals surface area contributed by atoms with Crippen molar-refractivity contribution in [3.05, 3.63) is 54.1 Å². The van der Waals surface area contributed by atoms with E-state index in [2.05, 4.69) is 0 Å². The summed E-state index contributed by atoms with van der Waals surface area (Å²) in [4.78, 5) is 11.0. The SMILES string of the molecule is COc1ccccc1-c1ccccc1C(=O)[O-]. The highest BCUT2D eigenvalue weighted by atomic mass is 16.5. The van der Waals surface area contributed by atoms with E-state index >= 15 is 0 Å². The fourth-order valence-electron chi connectivity index (χ4n) is 1.76. The molecule has 2 aromatic carbocycles. The first-order valence-corrected chi connectivity index (χ1v) is 5.18. The van der Waals surface area contributed by atoms with Gasteiger partial charge < -0.3 is 14.6 Å². The van der Waals surface area contributed by atoms with Crippen molar-refractivity contribution >= 4 is 5.97 Å². The molecule has 0 amide bonds. The summed E-state index contributed by atoms with van der Waals surface area (Å²) in [5.74, 6) is -0.548. The highest BCUT2D eigenvalue weighted by Crippen LogP contribution is 2.31. The van der Waals surface area contributed by atoms with Gasteiger partial charge in [0.25, 0.3) is 0 Å². The van der Waals surface area contributed by atoms with Crippen LogP contribution in [0.5, 0.6) is 5.75 Å². The minimum atomic E-state index is -1.19. The van der Waals surface area contributed by atoms with E-state index in [0.717, 1.165) is 5.56 Å². The van der Waals surface area contributed by atoms with Crippen LogP contribution in [0.2, 0.25) is 0 Å². The Morgan fingerprint density at radius 2 is 1.59 bits per heavy atom. The number of methoxy groups -OCH3 is 1. The minimum absolute atomic E-state index is 0.164. The van der Waals surface area contributed by atoms with Crippen molar-refractivity contribution in [2.45, 2.75) is 0 Å². The van der Waals surface area contributed by atoms with E-state index in [1.165, 1.54) is 6.07 Å². The lowest BCUT2D eigenvalue weighted by atomic mass is 9.99. The monoisotopic (exact) mass is 227 g/mol. The van der Waals surface area contributed by atoms with Crippen LogP contribution in [0.15, 0.2) is 48.5 Å². The predicted octanol–water partition coefficient (Wildman–Crippen LogP) is 1.73. The quantitative estimate of drug-likeness (QED) is 0.802. The van der Waals surface area contributed by atoms with Gasteiger partial charge in [0.05, 0.1) is 13.1 Å². The molecule has 0 aliphatic carbocycles. The van der Waals surface area contributed by atoms with Crippen molar-refractivity contribution in [2.24, 2.45) is 0 Å². The van der Waals surface area contributed by atoms with Crippen molar-refractivity contribution in [2.75, 3.05) is 7.11 Å². The molecule has 2 aromatic rings. The molecule has 0 N–H and O–H groups in total. The van der Waals surface area contributed by atoms with Crippen molar-refractivity contribution in [1.29, 1.82) is 0 Å². The molecule has 2 rings (SSSR count). The van der Waals surface area contributed by atoms with Gasteiger partial charge in [-0.05, 0) is 11.6 Å². The lowest BCUT2D eigenvalue weighted by Gasteiger charge is -2.13. The standard InChI is InChI=1S/C14H12O3/c1-17-13-9-5-4-7-11(13)10-6-2-3-8-12(10)14(15)16/h2-9H,1H3,(H,15,16)/p-1. The van der Waals surface area contributed by atoms with E-state index in [1.54, 1.807) is 31.4 Å². The molecule has 0 bridgehead atoms. The third kappa shape index (κ3) is 2.13. The molecule has 3 heteroatoms. The van der Waals surface area contributed by atoms with Gasteiger partial charge in [-0.3, -0.25) is 0 Å². The molecule has 3 nitrogen and oxygen atoms in total. The van der Waals surface area contributed by atoms with Crippen molar-refractivity contribution in [3.63, 3.8) is 0 Å². The smallest absolute Gasteiger partial charge is 0.126 e. The van der Waals surface area contributed by atoms with Gasteiger partial charge in [0.15, 0.2) is 0 Å². The van der Waals surface area contributed by atoms with Crippen LogP contribution in [-0.2, 0) is 0 Å². The summed E-state index contributed by atoms with van der Waals surface area (Å²) in [5.41, 5.74) is 1.51. The Hall–Kier alpha value is -2.29. The normalized spacial score (nSPS) is 9.94. The highest BCUT2D eigenvalue weighted by Gasteiger charge is 2.09. The molecule has 86 valence electrons. The zero-order valence-electron chi connectivity index (χ0n) is 9.34. The fourth-order valence-corrected chi connectivity index (χ4v) is 1.76. The molecule has 0 radical (unpaired) electrons. The van der Waals surface area contributed by atoms with Crippen LogP contribution in [0.4, 0.5) is 0 Å². The first kappa shape index (κ1) is 11.2. The molecule has 0 aromatic heterocycles. The molecule has 0 unspecified atom stereocenters. The maximum absolute atomic E-state index is 11.0. The second-order valence-electron chi connectivity index (χ2n) is 3.53. The number of hydrogen-bond donors (Lipinski definition) is 0. The second kappa shape index (κ2) is 4.70. The summed E-state index contributed by atoms with van der Waals surface area (Å²) in [6.07, 6.45) is 0. The van der Waals surface area contributed by atoms with Gasteiger partial charge in [-0.2, -0.15) is 0 Å². The number of carbonyl (C=O) groups is 1. The number of rotatable bonds is 3. The van der Waals surface area contributed by atoms with Gasteiger partial charge in [-0.25, -0.2) is 0 Å². The number of para-hydroxylation sites is 1. The molecule has 0 saturated carbocycles. The summed E-state index contributed by atoms with van der Waals surface area (Å²) in [5, 5.41) is 11.0. The Morgan fingerprint density at radius 1 is 1.00 bits per heavy atom. The maximum atomic E-state index is 11.0. The van der Waals surface area contributed by atoms with E-state index in [-0.39, 0.29) is 5.56 Å². The minimum Gasteiger partial charge on any atom is -0.545 e. The number of aromatic carboxylic acids is 1.